The van der Waals surface area contributed by atoms with Crippen LogP contribution in [-0.4, -0.2) is 36.4 Å². The van der Waals surface area contributed by atoms with Gasteiger partial charge in [-0.15, -0.1) is 5.10 Å². The first-order valence-corrected chi connectivity index (χ1v) is 7.25. The number of anilines is 1. The Balaban J connectivity index is 1.86. The third-order valence-electron chi connectivity index (χ3n) is 4.18. The van der Waals surface area contributed by atoms with Crippen LogP contribution in [0.4, 0.5) is 5.82 Å². The molecule has 0 saturated carbocycles. The van der Waals surface area contributed by atoms with Crippen molar-refractivity contribution in [2.24, 2.45) is 5.92 Å². The Morgan fingerprint density at radius 1 is 1.19 bits per heavy atom. The van der Waals surface area contributed by atoms with Crippen LogP contribution in [0.2, 0.25) is 0 Å². The third-order valence-corrected chi connectivity index (χ3v) is 4.18. The molecule has 0 spiro atoms. The molecular weight excluding hydrogens is 266 g/mol. The minimum atomic E-state index is -0.102. The summed E-state index contributed by atoms with van der Waals surface area (Å²) in [4.78, 5) is 13.8. The summed E-state index contributed by atoms with van der Waals surface area (Å²) in [6.45, 7) is 3.59. The molecule has 0 radical (unpaired) electrons. The second-order valence-corrected chi connectivity index (χ2v) is 5.44. The van der Waals surface area contributed by atoms with Crippen molar-refractivity contribution in [2.75, 3.05) is 25.1 Å². The molecule has 0 N–H and O–H groups in total. The number of aromatic nitrogens is 2. The molecule has 21 heavy (non-hydrogen) atoms. The zero-order chi connectivity index (χ0) is 14.8. The highest BCUT2D eigenvalue weighted by Gasteiger charge is 2.27. The average molecular weight is 285 g/mol. The number of esters is 1. The molecule has 1 aliphatic heterocycles. The van der Waals surface area contributed by atoms with Gasteiger partial charge in [-0.25, -0.2) is 0 Å². The summed E-state index contributed by atoms with van der Waals surface area (Å²) in [5, 5.41) is 10.9. The van der Waals surface area contributed by atoms with Gasteiger partial charge in [-0.1, -0.05) is 24.3 Å². The summed E-state index contributed by atoms with van der Waals surface area (Å²) < 4.78 is 4.83. The highest BCUT2D eigenvalue weighted by Crippen LogP contribution is 2.29. The minimum absolute atomic E-state index is 0.0101. The molecule has 0 atom stereocenters. The van der Waals surface area contributed by atoms with Crippen molar-refractivity contribution in [1.82, 2.24) is 10.2 Å². The monoisotopic (exact) mass is 285 g/mol. The SMILES string of the molecule is COC(=O)C1CCN(c2nnc(C)c3ccccc23)CC1. The van der Waals surface area contributed by atoms with Gasteiger partial charge in [-0.2, -0.15) is 5.10 Å². The van der Waals surface area contributed by atoms with Crippen LogP contribution in [0.15, 0.2) is 24.3 Å². The largest absolute Gasteiger partial charge is 0.469 e. The van der Waals surface area contributed by atoms with Gasteiger partial charge >= 0.3 is 5.97 Å². The molecule has 0 unspecified atom stereocenters. The summed E-state index contributed by atoms with van der Waals surface area (Å²) in [5.41, 5.74) is 0.943. The molecule has 110 valence electrons. The molecular formula is C16H19N3O2. The van der Waals surface area contributed by atoms with Crippen molar-refractivity contribution in [3.63, 3.8) is 0 Å². The van der Waals surface area contributed by atoms with Gasteiger partial charge in [-0.05, 0) is 19.8 Å². The molecule has 1 saturated heterocycles. The quantitative estimate of drug-likeness (QED) is 0.793. The van der Waals surface area contributed by atoms with Crippen molar-refractivity contribution in [3.05, 3.63) is 30.0 Å². The van der Waals surface area contributed by atoms with Crippen molar-refractivity contribution in [3.8, 4) is 0 Å². The van der Waals surface area contributed by atoms with E-state index in [-0.39, 0.29) is 11.9 Å². The van der Waals surface area contributed by atoms with Crippen molar-refractivity contribution < 1.29 is 9.53 Å². The fourth-order valence-corrected chi connectivity index (χ4v) is 2.95. The fourth-order valence-electron chi connectivity index (χ4n) is 2.95. The number of rotatable bonds is 2. The number of hydrogen-bond donors (Lipinski definition) is 0. The predicted molar refractivity (Wildman–Crippen MR) is 81.2 cm³/mol. The molecule has 2 heterocycles. The van der Waals surface area contributed by atoms with Crippen LogP contribution in [0.25, 0.3) is 10.8 Å². The van der Waals surface area contributed by atoms with Crippen LogP contribution in [0, 0.1) is 12.8 Å². The fraction of sp³-hybridized carbons (Fsp3) is 0.438. The van der Waals surface area contributed by atoms with E-state index in [0.29, 0.717) is 0 Å². The average Bonchev–Trinajstić information content (AvgIpc) is 2.55. The molecule has 1 fully saturated rings. The van der Waals surface area contributed by atoms with Crippen LogP contribution in [-0.2, 0) is 9.53 Å². The van der Waals surface area contributed by atoms with E-state index < -0.39 is 0 Å². The van der Waals surface area contributed by atoms with Crippen LogP contribution in [0.3, 0.4) is 0 Å². The minimum Gasteiger partial charge on any atom is -0.469 e. The Morgan fingerprint density at radius 2 is 1.86 bits per heavy atom. The second kappa shape index (κ2) is 5.68. The van der Waals surface area contributed by atoms with E-state index in [1.165, 1.54) is 7.11 Å². The zero-order valence-corrected chi connectivity index (χ0v) is 12.4. The summed E-state index contributed by atoms with van der Waals surface area (Å²) in [7, 11) is 1.45. The molecule has 1 aromatic carbocycles. The first kappa shape index (κ1) is 13.8. The lowest BCUT2D eigenvalue weighted by Crippen LogP contribution is -2.37. The Bertz CT molecular complexity index is 664. The molecule has 0 aliphatic carbocycles. The number of fused-ring (bicyclic) bond motifs is 1. The van der Waals surface area contributed by atoms with Gasteiger partial charge < -0.3 is 9.64 Å². The van der Waals surface area contributed by atoms with Crippen molar-refractivity contribution in [1.29, 1.82) is 0 Å². The first-order chi connectivity index (χ1) is 10.2. The number of carbonyl (C=O) groups excluding carboxylic acids is 1. The van der Waals surface area contributed by atoms with Crippen LogP contribution >= 0.6 is 0 Å². The standard InChI is InChI=1S/C16H19N3O2/c1-11-13-5-3-4-6-14(13)15(18-17-11)19-9-7-12(8-10-19)16(20)21-2/h3-6,12H,7-10H2,1-2H3. The number of carbonyl (C=O) groups is 1. The maximum absolute atomic E-state index is 11.6. The summed E-state index contributed by atoms with van der Waals surface area (Å²) in [6.07, 6.45) is 1.60. The van der Waals surface area contributed by atoms with Crippen LogP contribution in [0.1, 0.15) is 18.5 Å². The number of methoxy groups -OCH3 is 1. The topological polar surface area (TPSA) is 55.3 Å². The molecule has 3 rings (SSSR count). The normalized spacial score (nSPS) is 16.2. The van der Waals surface area contributed by atoms with Gasteiger partial charge in [0.2, 0.25) is 0 Å². The van der Waals surface area contributed by atoms with Gasteiger partial charge in [0.25, 0.3) is 0 Å². The van der Waals surface area contributed by atoms with E-state index in [2.05, 4.69) is 27.2 Å². The van der Waals surface area contributed by atoms with Crippen molar-refractivity contribution in [2.45, 2.75) is 19.8 Å². The predicted octanol–water partition coefficient (Wildman–Crippen LogP) is 2.33. The first-order valence-electron chi connectivity index (χ1n) is 7.25. The lowest BCUT2D eigenvalue weighted by Gasteiger charge is -2.31. The van der Waals surface area contributed by atoms with E-state index in [1.54, 1.807) is 0 Å². The highest BCUT2D eigenvalue weighted by atomic mass is 16.5. The van der Waals surface area contributed by atoms with Gasteiger partial charge in [0, 0.05) is 23.9 Å². The third kappa shape index (κ3) is 2.55. The molecule has 1 aromatic heterocycles. The van der Waals surface area contributed by atoms with Crippen molar-refractivity contribution >= 4 is 22.6 Å². The number of benzene rings is 1. The highest BCUT2D eigenvalue weighted by molar-refractivity contribution is 5.93. The second-order valence-electron chi connectivity index (χ2n) is 5.44. The maximum Gasteiger partial charge on any atom is 0.308 e. The molecule has 0 bridgehead atoms. The molecule has 1 aliphatic rings. The van der Waals surface area contributed by atoms with Gasteiger partial charge in [0.15, 0.2) is 5.82 Å². The molecule has 5 heteroatoms. The summed E-state index contributed by atoms with van der Waals surface area (Å²) >= 11 is 0. The number of hydrogen-bond acceptors (Lipinski definition) is 5. The number of aryl methyl sites for hydroxylation is 1. The van der Waals surface area contributed by atoms with E-state index in [9.17, 15) is 4.79 Å². The smallest absolute Gasteiger partial charge is 0.308 e. The van der Waals surface area contributed by atoms with E-state index in [1.807, 2.05) is 19.1 Å². The zero-order valence-electron chi connectivity index (χ0n) is 12.4. The molecule has 2 aromatic rings. The Kier molecular flexibility index (Phi) is 3.73. The number of nitrogens with zero attached hydrogens (tertiary/aromatic N) is 3. The molecule has 0 amide bonds. The molecule has 5 nitrogen and oxygen atoms in total. The lowest BCUT2D eigenvalue weighted by molar-refractivity contribution is -0.146. The van der Waals surface area contributed by atoms with Gasteiger partial charge in [0.05, 0.1) is 18.7 Å². The Hall–Kier alpha value is -2.17. The maximum atomic E-state index is 11.6. The number of piperidine rings is 1. The van der Waals surface area contributed by atoms with E-state index >= 15 is 0 Å². The van der Waals surface area contributed by atoms with Gasteiger partial charge in [-0.3, -0.25) is 4.79 Å². The van der Waals surface area contributed by atoms with Crippen LogP contribution < -0.4 is 4.90 Å². The van der Waals surface area contributed by atoms with Crippen LogP contribution in [0.5, 0.6) is 0 Å². The summed E-state index contributed by atoms with van der Waals surface area (Å²) in [5.74, 6) is 0.824. The van der Waals surface area contributed by atoms with Gasteiger partial charge in [0.1, 0.15) is 0 Å². The summed E-state index contributed by atoms with van der Waals surface area (Å²) in [6, 6.07) is 8.20. The lowest BCUT2D eigenvalue weighted by atomic mass is 9.96. The Labute approximate surface area is 123 Å². The number of ether oxygens (including phenoxy) is 1. The Morgan fingerprint density at radius 3 is 2.52 bits per heavy atom. The van der Waals surface area contributed by atoms with E-state index in [4.69, 9.17) is 4.74 Å². The van der Waals surface area contributed by atoms with E-state index in [0.717, 1.165) is 48.2 Å².